The van der Waals surface area contributed by atoms with E-state index in [-0.39, 0.29) is 11.4 Å². The molecule has 1 aromatic heterocycles. The summed E-state index contributed by atoms with van der Waals surface area (Å²) in [4.78, 5) is 30.4. The molecule has 2 N–H and O–H groups in total. The van der Waals surface area contributed by atoms with Crippen molar-refractivity contribution in [2.45, 2.75) is 66.5 Å². The molecule has 156 valence electrons. The lowest BCUT2D eigenvalue weighted by atomic mass is 9.65. The van der Waals surface area contributed by atoms with Crippen LogP contribution >= 0.6 is 0 Å². The van der Waals surface area contributed by atoms with E-state index in [9.17, 15) is 9.59 Å². The minimum absolute atomic E-state index is 0.0424. The molecule has 0 amide bonds. The number of nitrogens with one attached hydrogen (secondary N) is 2. The molecule has 29 heavy (non-hydrogen) atoms. The molecule has 3 atom stereocenters. The Morgan fingerprint density at radius 1 is 1.28 bits per heavy atom. The number of carbonyl (C=O) groups is 1. The molecule has 4 rings (SSSR count). The summed E-state index contributed by atoms with van der Waals surface area (Å²) in [5.41, 5.74) is 3.77. The van der Waals surface area contributed by atoms with Gasteiger partial charge in [-0.15, -0.1) is 0 Å². The smallest absolute Gasteiger partial charge is 0.338 e. The van der Waals surface area contributed by atoms with E-state index in [4.69, 9.17) is 4.74 Å². The molecule has 2 fully saturated rings. The van der Waals surface area contributed by atoms with Crippen LogP contribution in [0.5, 0.6) is 0 Å². The van der Waals surface area contributed by atoms with Crippen molar-refractivity contribution in [3.05, 3.63) is 45.2 Å². The van der Waals surface area contributed by atoms with Crippen LogP contribution in [0.4, 0.5) is 0 Å². The number of fused-ring (bicyclic) bond motifs is 3. The third kappa shape index (κ3) is 3.73. The van der Waals surface area contributed by atoms with Crippen LogP contribution in [0.3, 0.4) is 0 Å². The highest BCUT2D eigenvalue weighted by atomic mass is 16.5. The summed E-state index contributed by atoms with van der Waals surface area (Å²) in [6.45, 7) is 13.1. The van der Waals surface area contributed by atoms with E-state index < -0.39 is 0 Å². The van der Waals surface area contributed by atoms with E-state index in [1.165, 1.54) is 24.2 Å². The average molecular weight is 398 g/mol. The molecule has 1 saturated carbocycles. The van der Waals surface area contributed by atoms with Crippen LogP contribution in [0, 0.1) is 17.8 Å². The first kappa shape index (κ1) is 20.1. The number of aromatic amines is 1. The number of hydrogen-bond acceptors (Lipinski definition) is 3. The summed E-state index contributed by atoms with van der Waals surface area (Å²) >= 11 is 0. The van der Waals surface area contributed by atoms with E-state index in [2.05, 4.69) is 25.8 Å². The standard InChI is InChI=1S/C24H32N2O3/c1-6-29-22(28)16-7-8-20-18(9-16)21(27)19(15(2)25-20)12-26-14-24(5)11-17(26)10-23(3,4)13-24/h7-9,17H,6,10-14H2,1-5H3,(H,25,27)/p+1/t17-,24-/m0/s1. The number of rotatable bonds is 4. The third-order valence-corrected chi connectivity index (χ3v) is 6.90. The van der Waals surface area contributed by atoms with Gasteiger partial charge in [0.05, 0.1) is 30.3 Å². The maximum Gasteiger partial charge on any atom is 0.338 e. The Labute approximate surface area is 172 Å². The summed E-state index contributed by atoms with van der Waals surface area (Å²) in [6.07, 6.45) is 3.73. The topological polar surface area (TPSA) is 63.6 Å². The van der Waals surface area contributed by atoms with E-state index in [0.29, 0.717) is 34.4 Å². The fourth-order valence-electron chi connectivity index (χ4n) is 6.19. The number of aromatic nitrogens is 1. The summed E-state index contributed by atoms with van der Waals surface area (Å²) in [6, 6.07) is 5.81. The second-order valence-corrected chi connectivity index (χ2v) is 10.3. The molecular weight excluding hydrogens is 364 g/mol. The first-order valence-corrected chi connectivity index (χ1v) is 10.8. The first-order valence-electron chi connectivity index (χ1n) is 10.8. The molecule has 5 nitrogen and oxygen atoms in total. The number of H-pyrrole nitrogens is 1. The van der Waals surface area contributed by atoms with Crippen molar-refractivity contribution in [1.29, 1.82) is 0 Å². The number of likely N-dealkylation sites (tertiary alicyclic amines) is 1. The molecule has 2 bridgehead atoms. The molecule has 1 aliphatic heterocycles. The largest absolute Gasteiger partial charge is 0.462 e. The van der Waals surface area contributed by atoms with Crippen LogP contribution in [0.15, 0.2) is 23.0 Å². The van der Waals surface area contributed by atoms with Gasteiger partial charge >= 0.3 is 5.97 Å². The number of hydrogen-bond donors (Lipinski definition) is 2. The number of ether oxygens (including phenoxy) is 1. The maximum absolute atomic E-state index is 13.4. The molecule has 0 radical (unpaired) electrons. The normalized spacial score (nSPS) is 27.9. The minimum Gasteiger partial charge on any atom is -0.462 e. The van der Waals surface area contributed by atoms with Gasteiger partial charge in [0, 0.05) is 34.9 Å². The van der Waals surface area contributed by atoms with Crippen molar-refractivity contribution >= 4 is 16.9 Å². The molecule has 2 heterocycles. The van der Waals surface area contributed by atoms with Crippen molar-refractivity contribution < 1.29 is 14.4 Å². The summed E-state index contributed by atoms with van der Waals surface area (Å²) in [5.74, 6) is -0.384. The van der Waals surface area contributed by atoms with Crippen molar-refractivity contribution in [2.75, 3.05) is 13.2 Å². The van der Waals surface area contributed by atoms with Gasteiger partial charge in [0.1, 0.15) is 6.54 Å². The fraction of sp³-hybridized carbons (Fsp3) is 0.583. The van der Waals surface area contributed by atoms with Gasteiger partial charge in [0.15, 0.2) is 5.43 Å². The molecule has 1 aromatic carbocycles. The Kier molecular flexibility index (Phi) is 4.85. The monoisotopic (exact) mass is 397 g/mol. The number of quaternary nitrogens is 1. The molecule has 0 spiro atoms. The average Bonchev–Trinajstić information content (AvgIpc) is 2.86. The number of carbonyl (C=O) groups excluding carboxylic acids is 1. The zero-order valence-corrected chi connectivity index (χ0v) is 18.3. The van der Waals surface area contributed by atoms with E-state index >= 15 is 0 Å². The summed E-state index contributed by atoms with van der Waals surface area (Å²) < 4.78 is 5.10. The SMILES string of the molecule is CCOC(=O)c1ccc2[nH]c(C)c(C[NH+]3C[C@@]4(C)C[C@@H]3CC(C)(C)C4)c(=O)c2c1. The highest BCUT2D eigenvalue weighted by Crippen LogP contribution is 2.47. The van der Waals surface area contributed by atoms with Gasteiger partial charge in [-0.25, -0.2) is 4.79 Å². The first-order chi connectivity index (χ1) is 13.6. The fourth-order valence-corrected chi connectivity index (χ4v) is 6.19. The van der Waals surface area contributed by atoms with Crippen LogP contribution in [-0.2, 0) is 11.3 Å². The maximum atomic E-state index is 13.4. The van der Waals surface area contributed by atoms with E-state index in [1.54, 1.807) is 25.1 Å². The zero-order chi connectivity index (χ0) is 21.0. The molecule has 1 unspecified atom stereocenters. The molecule has 1 saturated heterocycles. The van der Waals surface area contributed by atoms with E-state index in [1.807, 2.05) is 6.92 Å². The van der Waals surface area contributed by atoms with E-state index in [0.717, 1.165) is 29.9 Å². The van der Waals surface area contributed by atoms with Crippen molar-refractivity contribution in [3.63, 3.8) is 0 Å². The Morgan fingerprint density at radius 2 is 2.03 bits per heavy atom. The van der Waals surface area contributed by atoms with Gasteiger partial charge in [-0.1, -0.05) is 20.8 Å². The van der Waals surface area contributed by atoms with Gasteiger partial charge in [0.2, 0.25) is 0 Å². The van der Waals surface area contributed by atoms with Gasteiger partial charge in [0.25, 0.3) is 0 Å². The van der Waals surface area contributed by atoms with Gasteiger partial charge < -0.3 is 14.6 Å². The minimum atomic E-state index is -0.384. The second-order valence-electron chi connectivity index (χ2n) is 10.3. The molecular formula is C24H33N2O3+. The Bertz CT molecular complexity index is 1020. The third-order valence-electron chi connectivity index (χ3n) is 6.90. The zero-order valence-electron chi connectivity index (χ0n) is 18.3. The van der Waals surface area contributed by atoms with Crippen LogP contribution in [0.25, 0.3) is 10.9 Å². The lowest BCUT2D eigenvalue weighted by Gasteiger charge is -2.37. The lowest BCUT2D eigenvalue weighted by molar-refractivity contribution is -0.928. The highest BCUT2D eigenvalue weighted by molar-refractivity contribution is 5.94. The Balaban J connectivity index is 1.69. The quantitative estimate of drug-likeness (QED) is 0.780. The van der Waals surface area contributed by atoms with Crippen LogP contribution in [-0.4, -0.2) is 30.1 Å². The number of esters is 1. The number of pyridine rings is 1. The number of aryl methyl sites for hydroxylation is 1. The van der Waals surface area contributed by atoms with Crippen LogP contribution in [0.1, 0.15) is 68.6 Å². The van der Waals surface area contributed by atoms with Crippen LogP contribution < -0.4 is 10.3 Å². The summed E-state index contributed by atoms with van der Waals surface area (Å²) in [5, 5.41) is 0.573. The van der Waals surface area contributed by atoms with Crippen LogP contribution in [0.2, 0.25) is 0 Å². The van der Waals surface area contributed by atoms with Gasteiger partial charge in [-0.2, -0.15) is 0 Å². The molecule has 1 aliphatic carbocycles. The predicted molar refractivity (Wildman–Crippen MR) is 114 cm³/mol. The highest BCUT2D eigenvalue weighted by Gasteiger charge is 2.52. The predicted octanol–water partition coefficient (Wildman–Crippen LogP) is 3.00. The number of benzene rings is 1. The van der Waals surface area contributed by atoms with Gasteiger partial charge in [-0.05, 0) is 43.9 Å². The second kappa shape index (κ2) is 6.98. The van der Waals surface area contributed by atoms with Crippen molar-refractivity contribution in [2.24, 2.45) is 10.8 Å². The lowest BCUT2D eigenvalue weighted by Crippen LogP contribution is -3.12. The summed E-state index contributed by atoms with van der Waals surface area (Å²) in [7, 11) is 0. The van der Waals surface area contributed by atoms with Gasteiger partial charge in [-0.3, -0.25) is 4.79 Å². The molecule has 2 aliphatic rings. The van der Waals surface area contributed by atoms with Crippen molar-refractivity contribution in [3.8, 4) is 0 Å². The Hall–Kier alpha value is -2.14. The molecule has 5 heteroatoms. The Morgan fingerprint density at radius 3 is 2.76 bits per heavy atom. The van der Waals surface area contributed by atoms with Crippen molar-refractivity contribution in [1.82, 2.24) is 4.98 Å². The molecule has 2 aromatic rings.